The van der Waals surface area contributed by atoms with Gasteiger partial charge in [0.2, 0.25) is 0 Å². The normalized spacial score (nSPS) is 16.9. The minimum Gasteiger partial charge on any atom is -0.321 e. The summed E-state index contributed by atoms with van der Waals surface area (Å²) in [6, 6.07) is 2.71. The monoisotopic (exact) mass is 227 g/mol. The topological polar surface area (TPSA) is 26.0 Å². The van der Waals surface area contributed by atoms with Crippen LogP contribution in [-0.2, 0) is 5.54 Å². The average Bonchev–Trinajstić information content (AvgIpc) is 2.22. The molecule has 16 heavy (non-hydrogen) atoms. The highest BCUT2D eigenvalue weighted by Crippen LogP contribution is 2.33. The maximum atomic E-state index is 13.9. The molecule has 2 atom stereocenters. The van der Waals surface area contributed by atoms with Crippen LogP contribution in [0.15, 0.2) is 12.1 Å². The van der Waals surface area contributed by atoms with Crippen LogP contribution in [0.25, 0.3) is 0 Å². The maximum Gasteiger partial charge on any atom is 0.134 e. The van der Waals surface area contributed by atoms with Gasteiger partial charge in [0.25, 0.3) is 0 Å². The van der Waals surface area contributed by atoms with Crippen molar-refractivity contribution >= 4 is 0 Å². The van der Waals surface area contributed by atoms with Gasteiger partial charge in [-0.15, -0.1) is 0 Å². The molecule has 1 aromatic rings. The Morgan fingerprint density at radius 3 is 2.44 bits per heavy atom. The van der Waals surface area contributed by atoms with Crippen LogP contribution >= 0.6 is 0 Å². The van der Waals surface area contributed by atoms with Crippen molar-refractivity contribution in [3.05, 3.63) is 34.9 Å². The molecule has 1 nitrogen and oxygen atoms in total. The third-order valence-electron chi connectivity index (χ3n) is 3.46. The maximum absolute atomic E-state index is 13.9. The highest BCUT2D eigenvalue weighted by atomic mass is 19.1. The minimum absolute atomic E-state index is 0.00171. The molecule has 3 heteroatoms. The van der Waals surface area contributed by atoms with Crippen molar-refractivity contribution in [2.24, 2.45) is 11.7 Å². The molecular weight excluding hydrogens is 208 g/mol. The van der Waals surface area contributed by atoms with Crippen molar-refractivity contribution < 1.29 is 8.78 Å². The van der Waals surface area contributed by atoms with Crippen LogP contribution < -0.4 is 5.73 Å². The van der Waals surface area contributed by atoms with Gasteiger partial charge in [-0.2, -0.15) is 0 Å². The van der Waals surface area contributed by atoms with E-state index in [1.807, 2.05) is 13.8 Å². The van der Waals surface area contributed by atoms with E-state index in [0.29, 0.717) is 5.56 Å². The summed E-state index contributed by atoms with van der Waals surface area (Å²) >= 11 is 0. The lowest BCUT2D eigenvalue weighted by molar-refractivity contribution is 0.293. The second-order valence-electron chi connectivity index (χ2n) is 4.65. The van der Waals surface area contributed by atoms with E-state index in [2.05, 4.69) is 0 Å². The molecule has 1 rings (SSSR count). The van der Waals surface area contributed by atoms with Crippen molar-refractivity contribution in [1.29, 1.82) is 0 Å². The number of halogens is 2. The molecule has 0 heterocycles. The smallest absolute Gasteiger partial charge is 0.134 e. The standard InChI is InChI=1S/C13H19F2N/c1-5-9(3)13(4,16)11-10(14)7-6-8(2)12(11)15/h6-7,9H,5,16H2,1-4H3. The molecule has 0 spiro atoms. The fourth-order valence-electron chi connectivity index (χ4n) is 1.82. The molecular formula is C13H19F2N. The van der Waals surface area contributed by atoms with E-state index in [-0.39, 0.29) is 11.5 Å². The van der Waals surface area contributed by atoms with Crippen LogP contribution in [0.2, 0.25) is 0 Å². The van der Waals surface area contributed by atoms with E-state index in [9.17, 15) is 8.78 Å². The van der Waals surface area contributed by atoms with Gasteiger partial charge in [-0.25, -0.2) is 8.78 Å². The van der Waals surface area contributed by atoms with Gasteiger partial charge in [0.1, 0.15) is 11.6 Å². The van der Waals surface area contributed by atoms with Gasteiger partial charge in [0.05, 0.1) is 0 Å². The Morgan fingerprint density at radius 1 is 1.38 bits per heavy atom. The van der Waals surface area contributed by atoms with Crippen LogP contribution in [0.1, 0.15) is 38.3 Å². The van der Waals surface area contributed by atoms with Gasteiger partial charge in [-0.1, -0.05) is 26.3 Å². The summed E-state index contributed by atoms with van der Waals surface area (Å²) < 4.78 is 27.6. The van der Waals surface area contributed by atoms with E-state index in [0.717, 1.165) is 6.42 Å². The van der Waals surface area contributed by atoms with E-state index in [1.165, 1.54) is 12.1 Å². The summed E-state index contributed by atoms with van der Waals surface area (Å²) in [4.78, 5) is 0. The van der Waals surface area contributed by atoms with Crippen molar-refractivity contribution in [1.82, 2.24) is 0 Å². The highest BCUT2D eigenvalue weighted by Gasteiger charge is 2.33. The number of rotatable bonds is 3. The first-order chi connectivity index (χ1) is 7.32. The molecule has 2 unspecified atom stereocenters. The van der Waals surface area contributed by atoms with Crippen molar-refractivity contribution in [2.45, 2.75) is 39.7 Å². The Balaban J connectivity index is 3.37. The highest BCUT2D eigenvalue weighted by molar-refractivity contribution is 5.32. The third-order valence-corrected chi connectivity index (χ3v) is 3.46. The number of benzene rings is 1. The van der Waals surface area contributed by atoms with E-state index in [4.69, 9.17) is 5.73 Å². The Hall–Kier alpha value is -0.960. The zero-order valence-electron chi connectivity index (χ0n) is 10.3. The van der Waals surface area contributed by atoms with Crippen molar-refractivity contribution in [3.8, 4) is 0 Å². The van der Waals surface area contributed by atoms with Gasteiger partial charge in [-0.3, -0.25) is 0 Å². The van der Waals surface area contributed by atoms with Gasteiger partial charge in [0.15, 0.2) is 0 Å². The van der Waals surface area contributed by atoms with Crippen LogP contribution in [-0.4, -0.2) is 0 Å². The molecule has 0 bridgehead atoms. The number of hydrogen-bond acceptors (Lipinski definition) is 1. The first kappa shape index (κ1) is 13.1. The van der Waals surface area contributed by atoms with E-state index < -0.39 is 17.2 Å². The lowest BCUT2D eigenvalue weighted by Gasteiger charge is -2.32. The van der Waals surface area contributed by atoms with Crippen molar-refractivity contribution in [3.63, 3.8) is 0 Å². The predicted octanol–water partition coefficient (Wildman–Crippen LogP) is 3.49. The molecule has 0 saturated heterocycles. The van der Waals surface area contributed by atoms with Crippen LogP contribution in [0, 0.1) is 24.5 Å². The fourth-order valence-corrected chi connectivity index (χ4v) is 1.82. The molecule has 0 aliphatic heterocycles. The number of nitrogens with two attached hydrogens (primary N) is 1. The van der Waals surface area contributed by atoms with Crippen LogP contribution in [0.4, 0.5) is 8.78 Å². The molecule has 0 aliphatic carbocycles. The molecule has 90 valence electrons. The summed E-state index contributed by atoms with van der Waals surface area (Å²) in [6.07, 6.45) is 0.778. The molecule has 0 radical (unpaired) electrons. The fraction of sp³-hybridized carbons (Fsp3) is 0.538. The van der Waals surface area contributed by atoms with Crippen LogP contribution in [0.3, 0.4) is 0 Å². The molecule has 2 N–H and O–H groups in total. The van der Waals surface area contributed by atoms with Gasteiger partial charge in [-0.05, 0) is 31.4 Å². The first-order valence-electron chi connectivity index (χ1n) is 5.56. The second kappa shape index (κ2) is 4.50. The zero-order chi connectivity index (χ0) is 12.5. The Bertz CT molecular complexity index is 386. The molecule has 1 aromatic carbocycles. The summed E-state index contributed by atoms with van der Waals surface area (Å²) in [7, 11) is 0. The third kappa shape index (κ3) is 2.09. The predicted molar refractivity (Wildman–Crippen MR) is 62.1 cm³/mol. The molecule has 0 fully saturated rings. The van der Waals surface area contributed by atoms with E-state index >= 15 is 0 Å². The molecule has 0 amide bonds. The summed E-state index contributed by atoms with van der Waals surface area (Å²) in [6.45, 7) is 7.16. The largest absolute Gasteiger partial charge is 0.321 e. The quantitative estimate of drug-likeness (QED) is 0.840. The van der Waals surface area contributed by atoms with Gasteiger partial charge >= 0.3 is 0 Å². The summed E-state index contributed by atoms with van der Waals surface area (Å²) in [5.74, 6) is -1.07. The van der Waals surface area contributed by atoms with Gasteiger partial charge in [0, 0.05) is 11.1 Å². The summed E-state index contributed by atoms with van der Waals surface area (Å²) in [5, 5.41) is 0. The average molecular weight is 227 g/mol. The Kier molecular flexibility index (Phi) is 3.68. The Labute approximate surface area is 95.7 Å². The second-order valence-corrected chi connectivity index (χ2v) is 4.65. The number of aryl methyl sites for hydroxylation is 1. The first-order valence-corrected chi connectivity index (χ1v) is 5.56. The lowest BCUT2D eigenvalue weighted by atomic mass is 9.79. The Morgan fingerprint density at radius 2 is 1.94 bits per heavy atom. The van der Waals surface area contributed by atoms with Gasteiger partial charge < -0.3 is 5.73 Å². The minimum atomic E-state index is -0.977. The number of hydrogen-bond donors (Lipinski definition) is 1. The van der Waals surface area contributed by atoms with E-state index in [1.54, 1.807) is 13.8 Å². The molecule has 0 aliphatic rings. The molecule has 0 aromatic heterocycles. The summed E-state index contributed by atoms with van der Waals surface area (Å²) in [5.41, 5.74) is 5.53. The SMILES string of the molecule is CCC(C)C(C)(N)c1c(F)ccc(C)c1F. The lowest BCUT2D eigenvalue weighted by Crippen LogP contribution is -2.41. The molecule has 0 saturated carbocycles. The van der Waals surface area contributed by atoms with Crippen molar-refractivity contribution in [2.75, 3.05) is 0 Å². The zero-order valence-corrected chi connectivity index (χ0v) is 10.3. The van der Waals surface area contributed by atoms with Crippen LogP contribution in [0.5, 0.6) is 0 Å².